The van der Waals surface area contributed by atoms with E-state index in [1.807, 2.05) is 6.92 Å². The number of halogens is 2. The van der Waals surface area contributed by atoms with Crippen LogP contribution in [0.3, 0.4) is 0 Å². The molecule has 1 aromatic rings. The van der Waals surface area contributed by atoms with Crippen LogP contribution in [-0.4, -0.2) is 19.1 Å². The predicted octanol–water partition coefficient (Wildman–Crippen LogP) is 3.21. The number of benzene rings is 1. The van der Waals surface area contributed by atoms with Crippen LogP contribution in [0.5, 0.6) is 0 Å². The number of hydrogen-bond acceptors (Lipinski definition) is 3. The van der Waals surface area contributed by atoms with E-state index in [2.05, 4.69) is 10.1 Å². The fourth-order valence-electron chi connectivity index (χ4n) is 1.56. The Kier molecular flexibility index (Phi) is 5.25. The Morgan fingerprint density at radius 2 is 2.00 bits per heavy atom. The van der Waals surface area contributed by atoms with Crippen LogP contribution in [-0.2, 0) is 9.53 Å². The van der Waals surface area contributed by atoms with E-state index in [0.717, 1.165) is 5.56 Å². The molecule has 1 N–H and O–H groups in total. The molecule has 0 radical (unpaired) electrons. The first-order chi connectivity index (χ1) is 7.95. The van der Waals surface area contributed by atoms with Gasteiger partial charge in [0.1, 0.15) is 6.04 Å². The molecule has 0 fully saturated rings. The number of carbonyl (C=O) groups excluding carboxylic acids is 1. The summed E-state index contributed by atoms with van der Waals surface area (Å²) in [7, 11) is 1.36. The van der Waals surface area contributed by atoms with Crippen molar-refractivity contribution in [3.05, 3.63) is 33.8 Å². The third kappa shape index (κ3) is 3.87. The maximum absolute atomic E-state index is 11.3. The van der Waals surface area contributed by atoms with Crippen molar-refractivity contribution in [2.24, 2.45) is 0 Å². The highest BCUT2D eigenvalue weighted by molar-refractivity contribution is 6.33. The summed E-state index contributed by atoms with van der Waals surface area (Å²) in [5, 5.41) is 4.33. The fraction of sp³-hybridized carbons (Fsp3) is 0.417. The highest BCUT2D eigenvalue weighted by atomic mass is 35.5. The average molecular weight is 276 g/mol. The van der Waals surface area contributed by atoms with Gasteiger partial charge in [-0.25, -0.2) is 0 Å². The van der Waals surface area contributed by atoms with Crippen LogP contribution in [0, 0.1) is 0 Å². The summed E-state index contributed by atoms with van der Waals surface area (Å²) in [6, 6.07) is 4.76. The summed E-state index contributed by atoms with van der Waals surface area (Å²) in [5.74, 6) is -0.310. The standard InChI is InChI=1S/C12H15Cl2NO2/c1-7(15-8(2)12(16)17-3)10-6-9(13)4-5-11(10)14/h4-8,15H,1-3H3. The zero-order valence-electron chi connectivity index (χ0n) is 9.96. The van der Waals surface area contributed by atoms with Crippen LogP contribution in [0.15, 0.2) is 18.2 Å². The summed E-state index contributed by atoms with van der Waals surface area (Å²) in [4.78, 5) is 11.3. The summed E-state index contributed by atoms with van der Waals surface area (Å²) >= 11 is 12.0. The van der Waals surface area contributed by atoms with E-state index in [-0.39, 0.29) is 12.0 Å². The van der Waals surface area contributed by atoms with Gasteiger partial charge in [0.2, 0.25) is 0 Å². The quantitative estimate of drug-likeness (QED) is 0.858. The predicted molar refractivity (Wildman–Crippen MR) is 69.5 cm³/mol. The molecule has 2 atom stereocenters. The minimum absolute atomic E-state index is 0.0877. The number of carbonyl (C=O) groups is 1. The molecule has 0 saturated carbocycles. The van der Waals surface area contributed by atoms with E-state index in [4.69, 9.17) is 23.2 Å². The largest absolute Gasteiger partial charge is 0.468 e. The van der Waals surface area contributed by atoms with Crippen molar-refractivity contribution in [3.63, 3.8) is 0 Å². The van der Waals surface area contributed by atoms with Crippen molar-refractivity contribution in [1.82, 2.24) is 5.32 Å². The second-order valence-electron chi connectivity index (χ2n) is 3.80. The SMILES string of the molecule is COC(=O)C(C)NC(C)c1cc(Cl)ccc1Cl. The third-order valence-electron chi connectivity index (χ3n) is 2.48. The van der Waals surface area contributed by atoms with Gasteiger partial charge in [-0.2, -0.15) is 0 Å². The normalized spacial score (nSPS) is 14.2. The fourth-order valence-corrected chi connectivity index (χ4v) is 2.02. The lowest BCUT2D eigenvalue weighted by Crippen LogP contribution is -2.36. The van der Waals surface area contributed by atoms with E-state index in [0.29, 0.717) is 10.0 Å². The zero-order valence-corrected chi connectivity index (χ0v) is 11.5. The van der Waals surface area contributed by atoms with Gasteiger partial charge in [-0.3, -0.25) is 10.1 Å². The van der Waals surface area contributed by atoms with Crippen molar-refractivity contribution in [3.8, 4) is 0 Å². The molecule has 3 nitrogen and oxygen atoms in total. The molecule has 0 aliphatic carbocycles. The Hall–Kier alpha value is -0.770. The van der Waals surface area contributed by atoms with Gasteiger partial charge >= 0.3 is 5.97 Å². The number of rotatable bonds is 4. The first-order valence-electron chi connectivity index (χ1n) is 5.24. The summed E-state index contributed by atoms with van der Waals surface area (Å²) < 4.78 is 4.64. The minimum atomic E-state index is -0.398. The van der Waals surface area contributed by atoms with Gasteiger partial charge in [0.15, 0.2) is 0 Å². The molecule has 0 amide bonds. The molecule has 5 heteroatoms. The summed E-state index contributed by atoms with van der Waals surface area (Å²) in [5.41, 5.74) is 0.856. The number of esters is 1. The lowest BCUT2D eigenvalue weighted by Gasteiger charge is -2.19. The first kappa shape index (κ1) is 14.3. The molecule has 0 bridgehead atoms. The Morgan fingerprint density at radius 1 is 1.35 bits per heavy atom. The maximum Gasteiger partial charge on any atom is 0.322 e. The Labute approximate surface area is 111 Å². The van der Waals surface area contributed by atoms with Gasteiger partial charge in [-0.1, -0.05) is 23.2 Å². The molecule has 0 spiro atoms. The van der Waals surface area contributed by atoms with Crippen molar-refractivity contribution < 1.29 is 9.53 Å². The van der Waals surface area contributed by atoms with Gasteiger partial charge in [-0.05, 0) is 37.6 Å². The number of nitrogens with one attached hydrogen (secondary N) is 1. The van der Waals surface area contributed by atoms with Gasteiger partial charge in [0, 0.05) is 16.1 Å². The van der Waals surface area contributed by atoms with E-state index in [1.165, 1.54) is 7.11 Å². The van der Waals surface area contributed by atoms with Crippen molar-refractivity contribution >= 4 is 29.2 Å². The van der Waals surface area contributed by atoms with Gasteiger partial charge < -0.3 is 4.74 Å². The van der Waals surface area contributed by atoms with Crippen molar-refractivity contribution in [2.45, 2.75) is 25.9 Å². The topological polar surface area (TPSA) is 38.3 Å². The molecule has 0 aliphatic heterocycles. The molecular weight excluding hydrogens is 261 g/mol. The second-order valence-corrected chi connectivity index (χ2v) is 4.64. The monoisotopic (exact) mass is 275 g/mol. The molecule has 0 heterocycles. The van der Waals surface area contributed by atoms with Gasteiger partial charge in [-0.15, -0.1) is 0 Å². The molecule has 2 unspecified atom stereocenters. The van der Waals surface area contributed by atoms with E-state index in [1.54, 1.807) is 25.1 Å². The van der Waals surface area contributed by atoms with Crippen LogP contribution in [0.4, 0.5) is 0 Å². The molecule has 0 saturated heterocycles. The third-order valence-corrected chi connectivity index (χ3v) is 3.06. The highest BCUT2D eigenvalue weighted by Crippen LogP contribution is 2.26. The zero-order chi connectivity index (χ0) is 13.0. The maximum atomic E-state index is 11.3. The Bertz CT molecular complexity index is 409. The lowest BCUT2D eigenvalue weighted by molar-refractivity contribution is -0.142. The van der Waals surface area contributed by atoms with Crippen LogP contribution < -0.4 is 5.32 Å². The number of hydrogen-bond donors (Lipinski definition) is 1. The molecule has 17 heavy (non-hydrogen) atoms. The Balaban J connectivity index is 2.79. The average Bonchev–Trinajstić information content (AvgIpc) is 2.30. The highest BCUT2D eigenvalue weighted by Gasteiger charge is 2.18. The van der Waals surface area contributed by atoms with Crippen LogP contribution in [0.25, 0.3) is 0 Å². The summed E-state index contributed by atoms with van der Waals surface area (Å²) in [6.45, 7) is 3.65. The molecule has 1 aromatic carbocycles. The van der Waals surface area contributed by atoms with E-state index >= 15 is 0 Å². The van der Waals surface area contributed by atoms with Gasteiger partial charge in [0.05, 0.1) is 7.11 Å². The van der Waals surface area contributed by atoms with Crippen molar-refractivity contribution in [2.75, 3.05) is 7.11 Å². The number of ether oxygens (including phenoxy) is 1. The molecule has 1 rings (SSSR count). The van der Waals surface area contributed by atoms with Crippen LogP contribution in [0.2, 0.25) is 10.0 Å². The molecule has 0 aromatic heterocycles. The smallest absolute Gasteiger partial charge is 0.322 e. The first-order valence-corrected chi connectivity index (χ1v) is 6.00. The van der Waals surface area contributed by atoms with Gasteiger partial charge in [0.25, 0.3) is 0 Å². The molecule has 0 aliphatic rings. The Morgan fingerprint density at radius 3 is 2.59 bits per heavy atom. The lowest BCUT2D eigenvalue weighted by atomic mass is 10.1. The summed E-state index contributed by atoms with van der Waals surface area (Å²) in [6.07, 6.45) is 0. The second kappa shape index (κ2) is 6.24. The van der Waals surface area contributed by atoms with Crippen LogP contribution >= 0.6 is 23.2 Å². The van der Waals surface area contributed by atoms with E-state index in [9.17, 15) is 4.79 Å². The molecular formula is C12H15Cl2NO2. The minimum Gasteiger partial charge on any atom is -0.468 e. The number of methoxy groups -OCH3 is 1. The van der Waals surface area contributed by atoms with Crippen LogP contribution in [0.1, 0.15) is 25.5 Å². The molecule has 94 valence electrons. The van der Waals surface area contributed by atoms with E-state index < -0.39 is 6.04 Å². The van der Waals surface area contributed by atoms with Crippen molar-refractivity contribution in [1.29, 1.82) is 0 Å².